The van der Waals surface area contributed by atoms with Gasteiger partial charge in [-0.05, 0) is 54.3 Å². The van der Waals surface area contributed by atoms with Crippen LogP contribution in [0.25, 0.3) is 5.69 Å². The van der Waals surface area contributed by atoms with Crippen LogP contribution in [0.5, 0.6) is 0 Å². The SMILES string of the molecule is CC(N)C1CCCN(C(=O)c2cc(Cl)ccc2-n2cnnn2)C1.Cl. The Hall–Kier alpha value is -1.70. The van der Waals surface area contributed by atoms with Crippen molar-refractivity contribution < 1.29 is 4.79 Å². The van der Waals surface area contributed by atoms with Crippen LogP contribution >= 0.6 is 24.0 Å². The fourth-order valence-corrected chi connectivity index (χ4v) is 3.12. The zero-order chi connectivity index (χ0) is 16.4. The van der Waals surface area contributed by atoms with E-state index in [9.17, 15) is 4.79 Å². The van der Waals surface area contributed by atoms with Gasteiger partial charge in [0.2, 0.25) is 0 Å². The van der Waals surface area contributed by atoms with Gasteiger partial charge in [-0.1, -0.05) is 11.6 Å². The number of nitrogens with zero attached hydrogens (tertiary/aromatic N) is 5. The molecule has 0 radical (unpaired) electrons. The largest absolute Gasteiger partial charge is 0.338 e. The molecule has 0 bridgehead atoms. The van der Waals surface area contributed by atoms with Crippen molar-refractivity contribution in [2.45, 2.75) is 25.8 Å². The van der Waals surface area contributed by atoms with Gasteiger partial charge in [0.25, 0.3) is 5.91 Å². The van der Waals surface area contributed by atoms with E-state index in [0.29, 0.717) is 28.7 Å². The van der Waals surface area contributed by atoms with Crippen molar-refractivity contribution in [3.05, 3.63) is 35.1 Å². The van der Waals surface area contributed by atoms with Gasteiger partial charge in [-0.15, -0.1) is 17.5 Å². The van der Waals surface area contributed by atoms with Gasteiger partial charge in [0.15, 0.2) is 0 Å². The minimum atomic E-state index is -0.0663. The number of carbonyl (C=O) groups is 1. The molecule has 2 heterocycles. The molecule has 1 aromatic carbocycles. The molecule has 1 fully saturated rings. The van der Waals surface area contributed by atoms with E-state index in [1.54, 1.807) is 18.2 Å². The Balaban J connectivity index is 0.00000208. The molecule has 1 aliphatic heterocycles. The zero-order valence-electron chi connectivity index (χ0n) is 13.3. The first-order valence-electron chi connectivity index (χ1n) is 7.64. The molecule has 9 heteroatoms. The lowest BCUT2D eigenvalue weighted by Crippen LogP contribution is -2.45. The quantitative estimate of drug-likeness (QED) is 0.891. The number of carbonyl (C=O) groups excluding carboxylic acids is 1. The number of halogens is 2. The van der Waals surface area contributed by atoms with Crippen LogP contribution < -0.4 is 5.73 Å². The van der Waals surface area contributed by atoms with Crippen LogP contribution in [0.1, 0.15) is 30.1 Å². The third kappa shape index (κ3) is 3.85. The van der Waals surface area contributed by atoms with E-state index in [4.69, 9.17) is 17.3 Å². The van der Waals surface area contributed by atoms with Crippen molar-refractivity contribution >= 4 is 29.9 Å². The average Bonchev–Trinajstić information content (AvgIpc) is 3.08. The Bertz CT molecular complexity index is 691. The van der Waals surface area contributed by atoms with Crippen LogP contribution in [0.3, 0.4) is 0 Å². The first-order valence-corrected chi connectivity index (χ1v) is 8.02. The molecule has 1 amide bonds. The molecule has 3 rings (SSSR count). The summed E-state index contributed by atoms with van der Waals surface area (Å²) in [5.41, 5.74) is 7.12. The summed E-state index contributed by atoms with van der Waals surface area (Å²) in [5, 5.41) is 11.6. The minimum absolute atomic E-state index is 0. The van der Waals surface area contributed by atoms with E-state index in [0.717, 1.165) is 19.4 Å². The van der Waals surface area contributed by atoms with Gasteiger partial charge in [0.05, 0.1) is 11.3 Å². The zero-order valence-corrected chi connectivity index (χ0v) is 14.9. The number of benzene rings is 1. The molecular formula is C15H20Cl2N6O. The Kier molecular flexibility index (Phi) is 6.15. The van der Waals surface area contributed by atoms with Crippen LogP contribution in [-0.2, 0) is 0 Å². The van der Waals surface area contributed by atoms with Crippen LogP contribution in [0.2, 0.25) is 5.02 Å². The lowest BCUT2D eigenvalue weighted by Gasteiger charge is -2.35. The molecule has 24 heavy (non-hydrogen) atoms. The van der Waals surface area contributed by atoms with Crippen LogP contribution in [0.15, 0.2) is 24.5 Å². The summed E-state index contributed by atoms with van der Waals surface area (Å²) in [6.45, 7) is 3.38. The molecule has 2 N–H and O–H groups in total. The number of amides is 1. The van der Waals surface area contributed by atoms with Gasteiger partial charge in [0, 0.05) is 24.2 Å². The fourth-order valence-electron chi connectivity index (χ4n) is 2.94. The van der Waals surface area contributed by atoms with Gasteiger partial charge in [-0.2, -0.15) is 4.68 Å². The van der Waals surface area contributed by atoms with Crippen molar-refractivity contribution in [2.24, 2.45) is 11.7 Å². The van der Waals surface area contributed by atoms with Crippen LogP contribution in [0.4, 0.5) is 0 Å². The van der Waals surface area contributed by atoms with Gasteiger partial charge >= 0.3 is 0 Å². The smallest absolute Gasteiger partial charge is 0.256 e. The van der Waals surface area contributed by atoms with Crippen molar-refractivity contribution in [2.75, 3.05) is 13.1 Å². The molecule has 2 unspecified atom stereocenters. The lowest BCUT2D eigenvalue weighted by atomic mass is 9.92. The highest BCUT2D eigenvalue weighted by molar-refractivity contribution is 6.31. The minimum Gasteiger partial charge on any atom is -0.338 e. The second-order valence-electron chi connectivity index (χ2n) is 5.93. The summed E-state index contributed by atoms with van der Waals surface area (Å²) < 4.78 is 1.47. The first-order chi connectivity index (χ1) is 11.1. The molecule has 130 valence electrons. The maximum absolute atomic E-state index is 13.0. The molecule has 2 aromatic rings. The monoisotopic (exact) mass is 370 g/mol. The van der Waals surface area contributed by atoms with Crippen molar-refractivity contribution in [3.63, 3.8) is 0 Å². The molecule has 1 saturated heterocycles. The maximum atomic E-state index is 13.0. The first kappa shape index (κ1) is 18.6. The number of hydrogen-bond donors (Lipinski definition) is 1. The summed E-state index contributed by atoms with van der Waals surface area (Å²) in [5.74, 6) is 0.256. The number of nitrogens with two attached hydrogens (primary N) is 1. The highest BCUT2D eigenvalue weighted by atomic mass is 35.5. The number of piperidine rings is 1. The summed E-state index contributed by atoms with van der Waals surface area (Å²) in [6, 6.07) is 5.20. The fraction of sp³-hybridized carbons (Fsp3) is 0.467. The Morgan fingerprint density at radius 2 is 2.25 bits per heavy atom. The van der Waals surface area contributed by atoms with Gasteiger partial charge in [-0.25, -0.2) is 0 Å². The summed E-state index contributed by atoms with van der Waals surface area (Å²) in [7, 11) is 0. The third-order valence-corrected chi connectivity index (χ3v) is 4.51. The summed E-state index contributed by atoms with van der Waals surface area (Å²) in [6.07, 6.45) is 3.47. The van der Waals surface area contributed by atoms with E-state index in [2.05, 4.69) is 15.5 Å². The predicted octanol–water partition coefficient (Wildman–Crippen LogP) is 1.94. The topological polar surface area (TPSA) is 89.9 Å². The van der Waals surface area contributed by atoms with Crippen molar-refractivity contribution in [1.29, 1.82) is 0 Å². The lowest BCUT2D eigenvalue weighted by molar-refractivity contribution is 0.0661. The second-order valence-corrected chi connectivity index (χ2v) is 6.36. The molecule has 7 nitrogen and oxygen atoms in total. The Morgan fingerprint density at radius 3 is 2.92 bits per heavy atom. The van der Waals surface area contributed by atoms with Gasteiger partial charge in [-0.3, -0.25) is 4.79 Å². The van der Waals surface area contributed by atoms with E-state index >= 15 is 0 Å². The molecule has 0 spiro atoms. The van der Waals surface area contributed by atoms with E-state index in [-0.39, 0.29) is 24.4 Å². The summed E-state index contributed by atoms with van der Waals surface area (Å²) in [4.78, 5) is 14.8. The van der Waals surface area contributed by atoms with E-state index in [1.807, 2.05) is 11.8 Å². The number of hydrogen-bond acceptors (Lipinski definition) is 5. The highest BCUT2D eigenvalue weighted by Gasteiger charge is 2.28. The normalized spacial score (nSPS) is 18.8. The maximum Gasteiger partial charge on any atom is 0.256 e. The standard InChI is InChI=1S/C15H19ClN6O.ClH/c1-10(17)11-3-2-6-21(8-11)15(23)13-7-12(16)4-5-14(13)22-9-18-19-20-22;/h4-5,7,9-11H,2-3,6,8,17H2,1H3;1H. The van der Waals surface area contributed by atoms with Gasteiger partial charge in [0.1, 0.15) is 6.33 Å². The summed E-state index contributed by atoms with van der Waals surface area (Å²) >= 11 is 6.09. The predicted molar refractivity (Wildman–Crippen MR) is 93.7 cm³/mol. The van der Waals surface area contributed by atoms with Crippen molar-refractivity contribution in [1.82, 2.24) is 25.1 Å². The third-order valence-electron chi connectivity index (χ3n) is 4.27. The van der Waals surface area contributed by atoms with E-state index in [1.165, 1.54) is 11.0 Å². The molecule has 1 aromatic heterocycles. The number of rotatable bonds is 3. The number of tetrazole rings is 1. The van der Waals surface area contributed by atoms with Crippen molar-refractivity contribution in [3.8, 4) is 5.69 Å². The highest BCUT2D eigenvalue weighted by Crippen LogP contribution is 2.24. The van der Waals surface area contributed by atoms with Crippen LogP contribution in [0, 0.1) is 5.92 Å². The Morgan fingerprint density at radius 1 is 1.46 bits per heavy atom. The average molecular weight is 371 g/mol. The molecule has 1 aliphatic rings. The Labute approximate surface area is 151 Å². The number of likely N-dealkylation sites (tertiary alicyclic amines) is 1. The molecular weight excluding hydrogens is 351 g/mol. The molecule has 2 atom stereocenters. The van der Waals surface area contributed by atoms with Gasteiger partial charge < -0.3 is 10.6 Å². The molecule has 0 saturated carbocycles. The number of aromatic nitrogens is 4. The second kappa shape index (κ2) is 7.92. The van der Waals surface area contributed by atoms with Crippen LogP contribution in [-0.4, -0.2) is 50.1 Å². The molecule has 0 aliphatic carbocycles. The van der Waals surface area contributed by atoms with E-state index < -0.39 is 0 Å².